The first kappa shape index (κ1) is 19.4. The number of amides is 1. The number of hydrogen-bond donors (Lipinski definition) is 1. The van der Waals surface area contributed by atoms with Crippen molar-refractivity contribution in [3.8, 4) is 10.6 Å². The summed E-state index contributed by atoms with van der Waals surface area (Å²) in [5.74, 6) is -0.870. The van der Waals surface area contributed by atoms with Crippen molar-refractivity contribution >= 4 is 34.8 Å². The van der Waals surface area contributed by atoms with Crippen LogP contribution in [0.3, 0.4) is 0 Å². The molecule has 0 aliphatic heterocycles. The average molecular weight is 383 g/mol. The molecule has 1 aromatic carbocycles. The Morgan fingerprint density at radius 3 is 2.84 bits per heavy atom. The maximum Gasteiger partial charge on any atom is 0.312 e. The van der Waals surface area contributed by atoms with Crippen LogP contribution in [-0.4, -0.2) is 43.2 Å². The maximum absolute atomic E-state index is 12.0. The summed E-state index contributed by atoms with van der Waals surface area (Å²) in [5, 5.41) is 5.73. The summed E-state index contributed by atoms with van der Waals surface area (Å²) in [6, 6.07) is 7.38. The van der Waals surface area contributed by atoms with E-state index in [1.165, 1.54) is 18.3 Å². The van der Waals surface area contributed by atoms with Crippen molar-refractivity contribution in [3.05, 3.63) is 40.4 Å². The number of benzene rings is 1. The van der Waals surface area contributed by atoms with Gasteiger partial charge in [-0.3, -0.25) is 9.59 Å². The molecule has 1 atom stereocenters. The van der Waals surface area contributed by atoms with Crippen molar-refractivity contribution < 1.29 is 19.1 Å². The Bertz CT molecular complexity index is 735. The summed E-state index contributed by atoms with van der Waals surface area (Å²) < 4.78 is 9.97. The smallest absolute Gasteiger partial charge is 0.312 e. The number of esters is 1. The van der Waals surface area contributed by atoms with Crippen molar-refractivity contribution in [2.75, 3.05) is 20.3 Å². The minimum atomic E-state index is -0.869. The molecule has 0 spiro atoms. The highest BCUT2D eigenvalue weighted by Gasteiger charge is 2.18. The first-order chi connectivity index (χ1) is 12.0. The number of nitrogens with one attached hydrogen (secondary N) is 1. The van der Waals surface area contributed by atoms with E-state index in [0.29, 0.717) is 23.9 Å². The number of aromatic nitrogens is 1. The maximum atomic E-state index is 12.0. The third kappa shape index (κ3) is 5.81. The molecule has 1 aromatic heterocycles. The number of hydrogen-bond acceptors (Lipinski definition) is 6. The monoisotopic (exact) mass is 382 g/mol. The van der Waals surface area contributed by atoms with Gasteiger partial charge in [0.05, 0.1) is 23.7 Å². The summed E-state index contributed by atoms with van der Waals surface area (Å²) in [7, 11) is 1.54. The molecular weight excluding hydrogens is 364 g/mol. The highest BCUT2D eigenvalue weighted by Crippen LogP contribution is 2.30. The van der Waals surface area contributed by atoms with Gasteiger partial charge in [-0.2, -0.15) is 0 Å². The van der Waals surface area contributed by atoms with Gasteiger partial charge in [0.2, 0.25) is 0 Å². The van der Waals surface area contributed by atoms with Crippen LogP contribution >= 0.6 is 22.9 Å². The number of ether oxygens (including phenoxy) is 2. The molecule has 1 heterocycles. The predicted molar refractivity (Wildman–Crippen MR) is 96.7 cm³/mol. The molecular formula is C17H19ClN2O4S. The van der Waals surface area contributed by atoms with Crippen LogP contribution in [0.15, 0.2) is 29.6 Å². The molecule has 0 bridgehead atoms. The second-order valence-corrected chi connectivity index (χ2v) is 6.48. The summed E-state index contributed by atoms with van der Waals surface area (Å²) >= 11 is 7.55. The van der Waals surface area contributed by atoms with Crippen LogP contribution in [0.25, 0.3) is 10.6 Å². The fraction of sp³-hybridized carbons (Fsp3) is 0.353. The Morgan fingerprint density at radius 2 is 2.12 bits per heavy atom. The lowest BCUT2D eigenvalue weighted by molar-refractivity contribution is -0.154. The summed E-state index contributed by atoms with van der Waals surface area (Å²) in [6.45, 7) is 2.29. The molecule has 1 N–H and O–H groups in total. The van der Waals surface area contributed by atoms with Crippen LogP contribution in [0.5, 0.6) is 0 Å². The quantitative estimate of drug-likeness (QED) is 0.561. The van der Waals surface area contributed by atoms with Crippen LogP contribution in [-0.2, 0) is 25.5 Å². The van der Waals surface area contributed by atoms with Gasteiger partial charge in [0, 0.05) is 24.6 Å². The van der Waals surface area contributed by atoms with Gasteiger partial charge >= 0.3 is 5.97 Å². The number of carbonyl (C=O) groups excluding carboxylic acids is 2. The highest BCUT2D eigenvalue weighted by atomic mass is 35.5. The second kappa shape index (κ2) is 9.50. The minimum absolute atomic E-state index is 0.00333. The van der Waals surface area contributed by atoms with Gasteiger partial charge in [0.1, 0.15) is 5.01 Å². The Balaban J connectivity index is 1.89. The zero-order valence-electron chi connectivity index (χ0n) is 14.0. The number of halogens is 1. The summed E-state index contributed by atoms with van der Waals surface area (Å²) in [5.41, 5.74) is 1.40. The number of carbonyl (C=O) groups is 2. The molecule has 0 unspecified atom stereocenters. The molecule has 8 heteroatoms. The second-order valence-electron chi connectivity index (χ2n) is 5.22. The minimum Gasteiger partial charge on any atom is -0.452 e. The normalized spacial score (nSPS) is 11.8. The molecule has 0 aliphatic carbocycles. The van der Waals surface area contributed by atoms with E-state index >= 15 is 0 Å². The first-order valence-corrected chi connectivity index (χ1v) is 8.92. The van der Waals surface area contributed by atoms with Crippen LogP contribution in [0.2, 0.25) is 5.02 Å². The molecule has 2 aromatic rings. The predicted octanol–water partition coefficient (Wildman–Crippen LogP) is 2.70. The van der Waals surface area contributed by atoms with Crippen LogP contribution in [0.1, 0.15) is 12.6 Å². The van der Waals surface area contributed by atoms with Crippen molar-refractivity contribution in [1.82, 2.24) is 10.3 Å². The van der Waals surface area contributed by atoms with Crippen molar-refractivity contribution in [3.63, 3.8) is 0 Å². The van der Waals surface area contributed by atoms with E-state index in [1.807, 2.05) is 18.2 Å². The van der Waals surface area contributed by atoms with E-state index in [4.69, 9.17) is 21.1 Å². The number of methoxy groups -OCH3 is 1. The Morgan fingerprint density at radius 1 is 1.36 bits per heavy atom. The molecule has 0 radical (unpaired) electrons. The van der Waals surface area contributed by atoms with Gasteiger partial charge in [0.15, 0.2) is 6.10 Å². The number of nitrogens with zero attached hydrogens (tertiary/aromatic N) is 1. The lowest BCUT2D eigenvalue weighted by Crippen LogP contribution is -2.37. The van der Waals surface area contributed by atoms with Gasteiger partial charge in [-0.25, -0.2) is 4.98 Å². The molecule has 1 amide bonds. The van der Waals surface area contributed by atoms with Gasteiger partial charge in [-0.1, -0.05) is 29.8 Å². The van der Waals surface area contributed by atoms with Crippen molar-refractivity contribution in [1.29, 1.82) is 0 Å². The SMILES string of the molecule is COCCNC(=O)[C@@H](C)OC(=O)Cc1csc(-c2ccccc2Cl)n1. The average Bonchev–Trinajstić information content (AvgIpc) is 3.03. The third-order valence-corrected chi connectivity index (χ3v) is 4.52. The highest BCUT2D eigenvalue weighted by molar-refractivity contribution is 7.13. The number of thiazole rings is 1. The molecule has 0 saturated heterocycles. The van der Waals surface area contributed by atoms with E-state index < -0.39 is 12.1 Å². The zero-order chi connectivity index (χ0) is 18.2. The van der Waals surface area contributed by atoms with Crippen LogP contribution in [0, 0.1) is 0 Å². The fourth-order valence-electron chi connectivity index (χ4n) is 2.01. The molecule has 6 nitrogen and oxygen atoms in total. The van der Waals surface area contributed by atoms with Gasteiger partial charge in [-0.05, 0) is 13.0 Å². The molecule has 0 saturated carbocycles. The van der Waals surface area contributed by atoms with Crippen LogP contribution in [0.4, 0.5) is 0 Å². The van der Waals surface area contributed by atoms with E-state index in [9.17, 15) is 9.59 Å². The van der Waals surface area contributed by atoms with E-state index in [1.54, 1.807) is 18.6 Å². The first-order valence-electron chi connectivity index (χ1n) is 7.66. The third-order valence-electron chi connectivity index (χ3n) is 3.26. The standard InChI is InChI=1S/C17H19ClN2O4S/c1-11(16(22)19-7-8-23-2)24-15(21)9-12-10-25-17(20-12)13-5-3-4-6-14(13)18/h3-6,10-11H,7-9H2,1-2H3,(H,19,22)/t11-/m1/s1. The van der Waals surface area contributed by atoms with E-state index in [-0.39, 0.29) is 12.3 Å². The fourth-order valence-corrected chi connectivity index (χ4v) is 3.15. The molecule has 25 heavy (non-hydrogen) atoms. The van der Waals surface area contributed by atoms with Crippen molar-refractivity contribution in [2.24, 2.45) is 0 Å². The van der Waals surface area contributed by atoms with Gasteiger partial charge in [-0.15, -0.1) is 11.3 Å². The lowest BCUT2D eigenvalue weighted by Gasteiger charge is -2.12. The molecule has 0 aliphatic rings. The van der Waals surface area contributed by atoms with Gasteiger partial charge < -0.3 is 14.8 Å². The van der Waals surface area contributed by atoms with Crippen LogP contribution < -0.4 is 5.32 Å². The van der Waals surface area contributed by atoms with E-state index in [0.717, 1.165) is 10.6 Å². The van der Waals surface area contributed by atoms with Gasteiger partial charge in [0.25, 0.3) is 5.91 Å². The summed E-state index contributed by atoms with van der Waals surface area (Å²) in [4.78, 5) is 28.2. The van der Waals surface area contributed by atoms with Crippen molar-refractivity contribution in [2.45, 2.75) is 19.4 Å². The molecule has 134 valence electrons. The molecule has 2 rings (SSSR count). The Hall–Kier alpha value is -1.96. The lowest BCUT2D eigenvalue weighted by atomic mass is 10.2. The number of rotatable bonds is 8. The van der Waals surface area contributed by atoms with E-state index in [2.05, 4.69) is 10.3 Å². The zero-order valence-corrected chi connectivity index (χ0v) is 15.5. The largest absolute Gasteiger partial charge is 0.452 e. The topological polar surface area (TPSA) is 77.5 Å². The Labute approximate surface area is 155 Å². The Kier molecular flexibility index (Phi) is 7.36. The molecule has 0 fully saturated rings. The summed E-state index contributed by atoms with van der Waals surface area (Å²) in [6.07, 6.45) is -0.873.